The van der Waals surface area contributed by atoms with E-state index in [2.05, 4.69) is 15.1 Å². The molecule has 0 saturated carbocycles. The predicted molar refractivity (Wildman–Crippen MR) is 121 cm³/mol. The molecule has 1 aliphatic rings. The minimum Gasteiger partial charge on any atom is -0.457 e. The smallest absolute Gasteiger partial charge is 0.310 e. The minimum absolute atomic E-state index is 0.166. The molecule has 0 amide bonds. The number of benzene rings is 2. The molecule has 156 valence electrons. The van der Waals surface area contributed by atoms with Crippen LogP contribution in [0, 0.1) is 6.92 Å². The highest BCUT2D eigenvalue weighted by atomic mass is 31.1. The molecule has 8 heteroatoms. The van der Waals surface area contributed by atoms with E-state index in [9.17, 15) is 9.59 Å². The molecule has 2 atom stereocenters. The van der Waals surface area contributed by atoms with Gasteiger partial charge in [0.1, 0.15) is 18.2 Å². The Bertz CT molecular complexity index is 1330. The van der Waals surface area contributed by atoms with Crippen molar-refractivity contribution in [1.82, 2.24) is 19.7 Å². The number of carbonyl (C=O) groups is 1. The van der Waals surface area contributed by atoms with Gasteiger partial charge in [-0.05, 0) is 18.6 Å². The summed E-state index contributed by atoms with van der Waals surface area (Å²) in [4.78, 5) is 32.3. The molecule has 4 aromatic rings. The monoisotopic (exact) mass is 432 g/mol. The number of aromatic amines is 1. The maximum Gasteiger partial charge on any atom is 0.310 e. The lowest BCUT2D eigenvalue weighted by molar-refractivity contribution is -0.140. The largest absolute Gasteiger partial charge is 0.457 e. The lowest BCUT2D eigenvalue weighted by atomic mass is 10.1. The van der Waals surface area contributed by atoms with Gasteiger partial charge in [-0.1, -0.05) is 56.6 Å². The quantitative estimate of drug-likeness (QED) is 0.386. The Morgan fingerprint density at radius 3 is 2.65 bits per heavy atom. The van der Waals surface area contributed by atoms with Crippen LogP contribution >= 0.6 is 8.58 Å². The molecule has 31 heavy (non-hydrogen) atoms. The van der Waals surface area contributed by atoms with Gasteiger partial charge >= 0.3 is 5.97 Å². The number of rotatable bonds is 5. The van der Waals surface area contributed by atoms with E-state index in [-0.39, 0.29) is 23.9 Å². The molecule has 1 aliphatic heterocycles. The number of ether oxygens (including phenoxy) is 1. The highest BCUT2D eigenvalue weighted by Gasteiger charge is 2.25. The van der Waals surface area contributed by atoms with Crippen LogP contribution in [0.3, 0.4) is 0 Å². The Labute approximate surface area is 180 Å². The van der Waals surface area contributed by atoms with Crippen molar-refractivity contribution in [2.45, 2.75) is 25.7 Å². The van der Waals surface area contributed by atoms with E-state index in [4.69, 9.17) is 4.74 Å². The minimum atomic E-state index is -0.175. The Kier molecular flexibility index (Phi) is 5.12. The van der Waals surface area contributed by atoms with Gasteiger partial charge in [-0.3, -0.25) is 9.59 Å². The van der Waals surface area contributed by atoms with Gasteiger partial charge in [0.25, 0.3) is 5.56 Å². The number of nitrogens with zero attached hydrogens (tertiary/aromatic N) is 3. The van der Waals surface area contributed by atoms with Crippen LogP contribution in [-0.4, -0.2) is 37.7 Å². The van der Waals surface area contributed by atoms with Gasteiger partial charge in [0.15, 0.2) is 0 Å². The van der Waals surface area contributed by atoms with E-state index in [1.165, 1.54) is 10.2 Å². The van der Waals surface area contributed by atoms with Crippen molar-refractivity contribution in [3.05, 3.63) is 82.2 Å². The number of aromatic nitrogens is 4. The molecular weight excluding hydrogens is 411 g/mol. The van der Waals surface area contributed by atoms with Gasteiger partial charge in [0.2, 0.25) is 0 Å². The van der Waals surface area contributed by atoms with Crippen molar-refractivity contribution in [2.75, 3.05) is 6.16 Å². The molecule has 1 fully saturated rings. The first-order valence-electron chi connectivity index (χ1n) is 10.1. The fourth-order valence-corrected chi connectivity index (χ4v) is 4.79. The molecule has 0 bridgehead atoms. The third-order valence-electron chi connectivity index (χ3n) is 5.36. The normalized spacial score (nSPS) is 16.8. The average molecular weight is 432 g/mol. The van der Waals surface area contributed by atoms with Crippen molar-refractivity contribution in [3.8, 4) is 11.3 Å². The van der Waals surface area contributed by atoms with Crippen LogP contribution < -0.4 is 5.56 Å². The number of carbonyl (C=O) groups excluding carboxylic acids is 1. The van der Waals surface area contributed by atoms with Crippen molar-refractivity contribution in [2.24, 2.45) is 0 Å². The van der Waals surface area contributed by atoms with E-state index >= 15 is 0 Å². The number of H-pyrrole nitrogens is 1. The number of hydrogen-bond acceptors (Lipinski definition) is 5. The summed E-state index contributed by atoms with van der Waals surface area (Å²) in [6.07, 6.45) is 2.72. The summed E-state index contributed by atoms with van der Waals surface area (Å²) in [7, 11) is 0.413. The third kappa shape index (κ3) is 4.01. The molecule has 0 radical (unpaired) electrons. The Balaban J connectivity index is 1.48. The number of cyclic esters (lactones) is 1. The van der Waals surface area contributed by atoms with Gasteiger partial charge in [0, 0.05) is 11.8 Å². The topological polar surface area (TPSA) is 89.9 Å². The van der Waals surface area contributed by atoms with Crippen LogP contribution in [0.15, 0.2) is 59.5 Å². The fraction of sp³-hybridized carbons (Fsp3) is 0.217. The molecule has 1 N–H and O–H groups in total. The zero-order valence-corrected chi connectivity index (χ0v) is 18.0. The number of fused-ring (bicyclic) bond motifs is 1. The second-order valence-electron chi connectivity index (χ2n) is 7.63. The highest BCUT2D eigenvalue weighted by Crippen LogP contribution is 2.31. The molecule has 1 saturated heterocycles. The summed E-state index contributed by atoms with van der Waals surface area (Å²) < 4.78 is 6.83. The van der Waals surface area contributed by atoms with E-state index < -0.39 is 0 Å². The Morgan fingerprint density at radius 1 is 1.13 bits per heavy atom. The number of hydrogen-bond donors (Lipinski definition) is 1. The Hall–Kier alpha value is -3.31. The van der Waals surface area contributed by atoms with Crippen LogP contribution in [-0.2, 0) is 22.5 Å². The maximum absolute atomic E-state index is 13.1. The highest BCUT2D eigenvalue weighted by molar-refractivity contribution is 7.40. The van der Waals surface area contributed by atoms with Gasteiger partial charge in [-0.25, -0.2) is 9.67 Å². The van der Waals surface area contributed by atoms with Crippen LogP contribution in [0.1, 0.15) is 17.1 Å². The molecule has 2 unspecified atom stereocenters. The third-order valence-corrected chi connectivity index (χ3v) is 6.63. The summed E-state index contributed by atoms with van der Waals surface area (Å²) in [5.41, 5.74) is 3.71. The van der Waals surface area contributed by atoms with E-state index in [0.29, 0.717) is 32.4 Å². The first kappa shape index (κ1) is 19.6. The SMILES string of the molecule is Cc1ccc(-c2cnc(Cn3nc(CC4OC(=O)CP4)c4ccccc4c3=O)[nH]2)cc1. The van der Waals surface area contributed by atoms with Crippen molar-refractivity contribution < 1.29 is 9.53 Å². The first-order chi connectivity index (χ1) is 15.1. The van der Waals surface area contributed by atoms with Gasteiger partial charge < -0.3 is 9.72 Å². The number of nitrogens with one attached hydrogen (secondary N) is 1. The first-order valence-corrected chi connectivity index (χ1v) is 11.4. The van der Waals surface area contributed by atoms with Gasteiger partial charge in [-0.2, -0.15) is 5.10 Å². The van der Waals surface area contributed by atoms with Crippen molar-refractivity contribution >= 4 is 25.3 Å². The lowest BCUT2D eigenvalue weighted by Crippen LogP contribution is -2.26. The Morgan fingerprint density at radius 2 is 1.90 bits per heavy atom. The predicted octanol–water partition coefficient (Wildman–Crippen LogP) is 3.25. The fourth-order valence-electron chi connectivity index (χ4n) is 3.76. The summed E-state index contributed by atoms with van der Waals surface area (Å²) in [5, 5.41) is 6.04. The molecule has 0 spiro atoms. The lowest BCUT2D eigenvalue weighted by Gasteiger charge is -2.13. The van der Waals surface area contributed by atoms with Gasteiger partial charge in [0.05, 0.1) is 29.1 Å². The van der Waals surface area contributed by atoms with Crippen LogP contribution in [0.5, 0.6) is 0 Å². The molecule has 2 aromatic carbocycles. The second-order valence-corrected chi connectivity index (χ2v) is 9.03. The zero-order chi connectivity index (χ0) is 21.4. The molecule has 2 aromatic heterocycles. The summed E-state index contributed by atoms with van der Waals surface area (Å²) in [5.74, 6) is 0.312. The summed E-state index contributed by atoms with van der Waals surface area (Å²) in [6.45, 7) is 2.28. The molecular formula is C23H21N4O3P. The zero-order valence-electron chi connectivity index (χ0n) is 17.0. The molecule has 5 rings (SSSR count). The van der Waals surface area contributed by atoms with E-state index in [0.717, 1.165) is 22.3 Å². The van der Waals surface area contributed by atoms with Crippen LogP contribution in [0.25, 0.3) is 22.0 Å². The molecule has 7 nitrogen and oxygen atoms in total. The second kappa shape index (κ2) is 8.08. The molecule has 0 aliphatic carbocycles. The van der Waals surface area contributed by atoms with Crippen molar-refractivity contribution in [3.63, 3.8) is 0 Å². The van der Waals surface area contributed by atoms with E-state index in [1.807, 2.05) is 55.5 Å². The van der Waals surface area contributed by atoms with Crippen molar-refractivity contribution in [1.29, 1.82) is 0 Å². The van der Waals surface area contributed by atoms with E-state index in [1.54, 1.807) is 6.20 Å². The van der Waals surface area contributed by atoms with Crippen LogP contribution in [0.4, 0.5) is 0 Å². The number of aryl methyl sites for hydroxylation is 1. The van der Waals surface area contributed by atoms with Crippen LogP contribution in [0.2, 0.25) is 0 Å². The number of imidazole rings is 1. The summed E-state index contributed by atoms with van der Waals surface area (Å²) in [6, 6.07) is 15.6. The molecule has 3 heterocycles. The average Bonchev–Trinajstić information content (AvgIpc) is 3.41. The van der Waals surface area contributed by atoms with Gasteiger partial charge in [-0.15, -0.1) is 0 Å². The standard InChI is InChI=1S/C23H21N4O3P/c1-14-6-8-15(9-7-14)19-11-24-20(25-19)12-27-23(29)17-5-3-2-4-16(17)18(26-27)10-22-30-21(28)13-31-22/h2-9,11,22,31H,10,12-13H2,1H3,(H,24,25). The number of esters is 1. The maximum atomic E-state index is 13.1. The summed E-state index contributed by atoms with van der Waals surface area (Å²) >= 11 is 0.